The van der Waals surface area contributed by atoms with Gasteiger partial charge in [-0.25, -0.2) is 4.98 Å². The van der Waals surface area contributed by atoms with E-state index >= 15 is 0 Å². The molecule has 3 aromatic rings. The number of ether oxygens (including phenoxy) is 2. The second-order valence-electron chi connectivity index (χ2n) is 6.21. The Balaban J connectivity index is 2.07. The summed E-state index contributed by atoms with van der Waals surface area (Å²) in [6.07, 6.45) is 2.53. The molecule has 0 aliphatic rings. The number of halogens is 1. The summed E-state index contributed by atoms with van der Waals surface area (Å²) in [5, 5.41) is 10.1. The van der Waals surface area contributed by atoms with E-state index < -0.39 is 0 Å². The molecule has 7 heteroatoms. The van der Waals surface area contributed by atoms with E-state index in [9.17, 15) is 10.1 Å². The fourth-order valence-corrected chi connectivity index (χ4v) is 3.39. The Morgan fingerprint density at radius 1 is 1.28 bits per heavy atom. The molecule has 0 fully saturated rings. The third kappa shape index (κ3) is 4.66. The molecule has 0 amide bonds. The summed E-state index contributed by atoms with van der Waals surface area (Å²) in [7, 11) is 0. The van der Waals surface area contributed by atoms with Gasteiger partial charge in [0, 0.05) is 0 Å². The van der Waals surface area contributed by atoms with Crippen molar-refractivity contribution < 1.29 is 9.47 Å². The van der Waals surface area contributed by atoms with Crippen LogP contribution in [0.25, 0.3) is 22.6 Å². The zero-order chi connectivity index (χ0) is 20.8. The Bertz CT molecular complexity index is 1160. The van der Waals surface area contributed by atoms with Crippen molar-refractivity contribution in [2.45, 2.75) is 20.3 Å². The molecule has 0 unspecified atom stereocenters. The van der Waals surface area contributed by atoms with E-state index in [2.05, 4.69) is 32.0 Å². The first-order valence-electron chi connectivity index (χ1n) is 9.27. The van der Waals surface area contributed by atoms with Crippen molar-refractivity contribution in [3.63, 3.8) is 0 Å². The highest BCUT2D eigenvalue weighted by atomic mass is 79.9. The highest BCUT2D eigenvalue weighted by molar-refractivity contribution is 9.10. The van der Waals surface area contributed by atoms with Gasteiger partial charge in [0.1, 0.15) is 6.07 Å². The number of nitrogens with one attached hydrogen (secondary N) is 1. The highest BCUT2D eigenvalue weighted by Gasteiger charge is 2.13. The molecule has 0 saturated carbocycles. The lowest BCUT2D eigenvalue weighted by atomic mass is 10.1. The van der Waals surface area contributed by atoms with Crippen molar-refractivity contribution >= 4 is 38.5 Å². The first-order valence-corrected chi connectivity index (χ1v) is 10.1. The fourth-order valence-electron chi connectivity index (χ4n) is 2.81. The van der Waals surface area contributed by atoms with Gasteiger partial charge < -0.3 is 14.5 Å². The molecule has 2 aromatic carbocycles. The third-order valence-electron chi connectivity index (χ3n) is 4.08. The van der Waals surface area contributed by atoms with Crippen LogP contribution in [-0.2, 0) is 0 Å². The maximum absolute atomic E-state index is 12.3. The van der Waals surface area contributed by atoms with Crippen LogP contribution < -0.4 is 15.0 Å². The maximum atomic E-state index is 12.3. The lowest BCUT2D eigenvalue weighted by Gasteiger charge is -2.14. The second-order valence-corrected chi connectivity index (χ2v) is 7.07. The standard InChI is InChI=1S/C22H20BrN3O3/c1-3-9-29-20-17(23)11-14(12-19(20)28-4-2)10-15(13-24)21-25-18-8-6-5-7-16(18)22(27)26-21/h5-8,10-12H,3-4,9H2,1-2H3,(H,25,26,27)/b15-10-. The molecule has 1 aromatic heterocycles. The van der Waals surface area contributed by atoms with Crippen molar-refractivity contribution in [1.29, 1.82) is 5.26 Å². The number of aromatic amines is 1. The van der Waals surface area contributed by atoms with Gasteiger partial charge in [0.15, 0.2) is 17.3 Å². The monoisotopic (exact) mass is 453 g/mol. The minimum Gasteiger partial charge on any atom is -0.490 e. The Kier molecular flexibility index (Phi) is 6.68. The van der Waals surface area contributed by atoms with Crippen molar-refractivity contribution in [2.24, 2.45) is 0 Å². The average molecular weight is 454 g/mol. The van der Waals surface area contributed by atoms with Gasteiger partial charge in [-0.05, 0) is 65.2 Å². The highest BCUT2D eigenvalue weighted by Crippen LogP contribution is 2.38. The van der Waals surface area contributed by atoms with E-state index in [-0.39, 0.29) is 17.0 Å². The van der Waals surface area contributed by atoms with Gasteiger partial charge in [-0.15, -0.1) is 0 Å². The first-order chi connectivity index (χ1) is 14.1. The number of benzene rings is 2. The first kappa shape index (κ1) is 20.6. The number of hydrogen-bond donors (Lipinski definition) is 1. The number of H-pyrrole nitrogens is 1. The van der Waals surface area contributed by atoms with Crippen LogP contribution in [0.15, 0.2) is 45.7 Å². The lowest BCUT2D eigenvalue weighted by Crippen LogP contribution is -2.11. The van der Waals surface area contributed by atoms with Gasteiger partial charge in [-0.2, -0.15) is 5.26 Å². The number of aromatic nitrogens is 2. The number of nitrogens with zero attached hydrogens (tertiary/aromatic N) is 2. The number of rotatable bonds is 7. The molecule has 6 nitrogen and oxygen atoms in total. The van der Waals surface area contributed by atoms with E-state index in [0.717, 1.165) is 16.5 Å². The molecule has 1 heterocycles. The second kappa shape index (κ2) is 9.39. The zero-order valence-electron chi connectivity index (χ0n) is 16.2. The van der Waals surface area contributed by atoms with Crippen LogP contribution in [0, 0.1) is 11.3 Å². The van der Waals surface area contributed by atoms with Crippen LogP contribution in [0.1, 0.15) is 31.7 Å². The lowest BCUT2D eigenvalue weighted by molar-refractivity contribution is 0.275. The predicted octanol–water partition coefficient (Wildman–Crippen LogP) is 4.94. The molecule has 3 rings (SSSR count). The van der Waals surface area contributed by atoms with Gasteiger partial charge in [-0.3, -0.25) is 4.79 Å². The minimum atomic E-state index is -0.286. The van der Waals surface area contributed by atoms with Gasteiger partial charge in [-0.1, -0.05) is 19.1 Å². The van der Waals surface area contributed by atoms with Gasteiger partial charge >= 0.3 is 0 Å². The number of fused-ring (bicyclic) bond motifs is 1. The molecule has 0 spiro atoms. The summed E-state index contributed by atoms with van der Waals surface area (Å²) >= 11 is 3.52. The van der Waals surface area contributed by atoms with Gasteiger partial charge in [0.05, 0.1) is 34.2 Å². The Morgan fingerprint density at radius 2 is 2.07 bits per heavy atom. The maximum Gasteiger partial charge on any atom is 0.259 e. The van der Waals surface area contributed by atoms with Crippen LogP contribution in [0.2, 0.25) is 0 Å². The summed E-state index contributed by atoms with van der Waals surface area (Å²) in [5.74, 6) is 1.43. The van der Waals surface area contributed by atoms with E-state index in [1.807, 2.05) is 19.9 Å². The van der Waals surface area contributed by atoms with Crippen LogP contribution >= 0.6 is 15.9 Å². The van der Waals surface area contributed by atoms with Crippen LogP contribution in [-0.4, -0.2) is 23.2 Å². The summed E-state index contributed by atoms with van der Waals surface area (Å²) in [6, 6.07) is 12.8. The molecule has 0 radical (unpaired) electrons. The normalized spacial score (nSPS) is 11.3. The number of para-hydroxylation sites is 1. The van der Waals surface area contributed by atoms with Crippen LogP contribution in [0.3, 0.4) is 0 Å². The molecule has 1 N–H and O–H groups in total. The summed E-state index contributed by atoms with van der Waals surface area (Å²) < 4.78 is 12.2. The summed E-state index contributed by atoms with van der Waals surface area (Å²) in [5.41, 5.74) is 1.21. The molecule has 0 bridgehead atoms. The molecule has 0 saturated heterocycles. The smallest absolute Gasteiger partial charge is 0.259 e. The van der Waals surface area contributed by atoms with Crippen molar-refractivity contribution in [1.82, 2.24) is 9.97 Å². The Hall–Kier alpha value is -3.11. The molecule has 0 atom stereocenters. The van der Waals surface area contributed by atoms with Crippen LogP contribution in [0.5, 0.6) is 11.5 Å². The number of allylic oxidation sites excluding steroid dienone is 1. The van der Waals surface area contributed by atoms with Gasteiger partial charge in [0.2, 0.25) is 0 Å². The molecular formula is C22H20BrN3O3. The van der Waals surface area contributed by atoms with Crippen molar-refractivity contribution in [3.8, 4) is 17.6 Å². The quantitative estimate of drug-likeness (QED) is 0.511. The van der Waals surface area contributed by atoms with Crippen LogP contribution in [0.4, 0.5) is 0 Å². The van der Waals surface area contributed by atoms with Gasteiger partial charge in [0.25, 0.3) is 5.56 Å². The number of nitriles is 1. The molecule has 148 valence electrons. The molecule has 0 aliphatic heterocycles. The molecular weight excluding hydrogens is 434 g/mol. The fraction of sp³-hybridized carbons (Fsp3) is 0.227. The Labute approximate surface area is 176 Å². The largest absolute Gasteiger partial charge is 0.490 e. The van der Waals surface area contributed by atoms with E-state index in [1.165, 1.54) is 0 Å². The predicted molar refractivity (Wildman–Crippen MR) is 117 cm³/mol. The topological polar surface area (TPSA) is 88.0 Å². The zero-order valence-corrected chi connectivity index (χ0v) is 17.7. The van der Waals surface area contributed by atoms with E-state index in [0.29, 0.717) is 35.6 Å². The van der Waals surface area contributed by atoms with Crippen molar-refractivity contribution in [2.75, 3.05) is 13.2 Å². The minimum absolute atomic E-state index is 0.219. The Morgan fingerprint density at radius 3 is 2.79 bits per heavy atom. The molecule has 29 heavy (non-hydrogen) atoms. The average Bonchev–Trinajstić information content (AvgIpc) is 2.71. The third-order valence-corrected chi connectivity index (χ3v) is 4.67. The van der Waals surface area contributed by atoms with E-state index in [1.54, 1.807) is 36.4 Å². The number of hydrogen-bond acceptors (Lipinski definition) is 5. The summed E-state index contributed by atoms with van der Waals surface area (Å²) in [4.78, 5) is 19.5. The molecule has 0 aliphatic carbocycles. The van der Waals surface area contributed by atoms with Crippen molar-refractivity contribution in [3.05, 3.63) is 62.6 Å². The summed E-state index contributed by atoms with van der Waals surface area (Å²) in [6.45, 7) is 4.97. The van der Waals surface area contributed by atoms with E-state index in [4.69, 9.17) is 9.47 Å². The SMILES string of the molecule is CCCOc1c(Br)cc(/C=C(/C#N)c2nc3ccccc3c(=O)[nH]2)cc1OCC.